The molecule has 1 heterocycles. The maximum absolute atomic E-state index is 3.65. The lowest BCUT2D eigenvalue weighted by Gasteiger charge is -2.13. The van der Waals surface area contributed by atoms with Gasteiger partial charge >= 0.3 is 0 Å². The summed E-state index contributed by atoms with van der Waals surface area (Å²) in [5.74, 6) is 1.85. The van der Waals surface area contributed by atoms with Gasteiger partial charge in [0, 0.05) is 6.04 Å². The number of fused-ring (bicyclic) bond motifs is 1. The van der Waals surface area contributed by atoms with E-state index in [1.807, 2.05) is 0 Å². The van der Waals surface area contributed by atoms with Gasteiger partial charge in [-0.05, 0) is 43.7 Å². The first-order valence-electron chi connectivity index (χ1n) is 6.81. The summed E-state index contributed by atoms with van der Waals surface area (Å²) in [6.45, 7) is 3.36. The number of rotatable bonds is 2. The van der Waals surface area contributed by atoms with E-state index in [1.54, 1.807) is 0 Å². The Morgan fingerprint density at radius 1 is 1.18 bits per heavy atom. The predicted octanol–water partition coefficient (Wildman–Crippen LogP) is 3.40. The summed E-state index contributed by atoms with van der Waals surface area (Å²) < 4.78 is 0. The summed E-state index contributed by atoms with van der Waals surface area (Å²) in [6.07, 6.45) is 8.94. The summed E-state index contributed by atoms with van der Waals surface area (Å²) in [7, 11) is 0. The van der Waals surface area contributed by atoms with Gasteiger partial charge in [-0.3, -0.25) is 0 Å². The van der Waals surface area contributed by atoms with Crippen molar-refractivity contribution in [3.8, 4) is 0 Å². The average Bonchev–Trinajstić information content (AvgIpc) is 2.91. The van der Waals surface area contributed by atoms with Crippen LogP contribution in [0.25, 0.3) is 6.08 Å². The fraction of sp³-hybridized carbons (Fsp3) is 0.500. The zero-order chi connectivity index (χ0) is 11.7. The standard InChI is InChI=1S/C16H21N/c1-12-5-7-13(8-6-12)9-10-16-15-4-2-3-14(15)11-17-16/h5-10,14-17H,2-4,11H2,1H3/b10-9+. The molecular formula is C16H21N. The van der Waals surface area contributed by atoms with Gasteiger partial charge in [-0.2, -0.15) is 0 Å². The summed E-state index contributed by atoms with van der Waals surface area (Å²) in [5, 5.41) is 3.65. The molecule has 0 aromatic heterocycles. The van der Waals surface area contributed by atoms with Gasteiger partial charge in [-0.25, -0.2) is 0 Å². The zero-order valence-corrected chi connectivity index (χ0v) is 10.5. The van der Waals surface area contributed by atoms with Gasteiger partial charge in [0.05, 0.1) is 0 Å². The van der Waals surface area contributed by atoms with E-state index in [4.69, 9.17) is 0 Å². The molecule has 0 radical (unpaired) electrons. The van der Waals surface area contributed by atoms with E-state index in [1.165, 1.54) is 36.9 Å². The highest BCUT2D eigenvalue weighted by atomic mass is 15.0. The molecule has 0 spiro atoms. The SMILES string of the molecule is Cc1ccc(/C=C/C2NCC3CCCC32)cc1. The molecule has 3 unspecified atom stereocenters. The molecule has 2 aliphatic rings. The quantitative estimate of drug-likeness (QED) is 0.816. The maximum Gasteiger partial charge on any atom is 0.0284 e. The minimum Gasteiger partial charge on any atom is -0.310 e. The summed E-state index contributed by atoms with van der Waals surface area (Å²) in [5.41, 5.74) is 2.65. The first kappa shape index (κ1) is 11.0. The normalized spacial score (nSPS) is 32.2. The van der Waals surface area contributed by atoms with Gasteiger partial charge in [0.2, 0.25) is 0 Å². The second-order valence-electron chi connectivity index (χ2n) is 5.56. The summed E-state index contributed by atoms with van der Waals surface area (Å²) in [6, 6.07) is 9.38. The van der Waals surface area contributed by atoms with Gasteiger partial charge in [0.1, 0.15) is 0 Å². The molecule has 0 amide bonds. The van der Waals surface area contributed by atoms with Crippen LogP contribution in [0.1, 0.15) is 30.4 Å². The van der Waals surface area contributed by atoms with E-state index >= 15 is 0 Å². The zero-order valence-electron chi connectivity index (χ0n) is 10.5. The molecule has 2 fully saturated rings. The first-order chi connectivity index (χ1) is 8.33. The number of nitrogens with one attached hydrogen (secondary N) is 1. The third-order valence-corrected chi connectivity index (χ3v) is 4.37. The molecule has 3 atom stereocenters. The molecular weight excluding hydrogens is 206 g/mol. The molecule has 1 aliphatic heterocycles. The second-order valence-corrected chi connectivity index (χ2v) is 5.56. The summed E-state index contributed by atoms with van der Waals surface area (Å²) in [4.78, 5) is 0. The van der Waals surface area contributed by atoms with Crippen molar-refractivity contribution in [1.82, 2.24) is 5.32 Å². The Hall–Kier alpha value is -1.08. The number of aryl methyl sites for hydroxylation is 1. The highest BCUT2D eigenvalue weighted by molar-refractivity contribution is 5.50. The Morgan fingerprint density at radius 3 is 2.82 bits per heavy atom. The van der Waals surface area contributed by atoms with E-state index in [2.05, 4.69) is 48.7 Å². The van der Waals surface area contributed by atoms with Crippen LogP contribution >= 0.6 is 0 Å². The molecule has 1 N–H and O–H groups in total. The van der Waals surface area contributed by atoms with Crippen LogP contribution in [0.4, 0.5) is 0 Å². The minimum atomic E-state index is 0.615. The molecule has 1 heteroatoms. The van der Waals surface area contributed by atoms with Crippen molar-refractivity contribution in [1.29, 1.82) is 0 Å². The molecule has 0 bridgehead atoms. The number of hydrogen-bond acceptors (Lipinski definition) is 1. The van der Waals surface area contributed by atoms with E-state index in [0.717, 1.165) is 11.8 Å². The fourth-order valence-corrected chi connectivity index (χ4v) is 3.33. The molecule has 1 aromatic carbocycles. The molecule has 1 saturated heterocycles. The minimum absolute atomic E-state index is 0.615. The van der Waals surface area contributed by atoms with Crippen LogP contribution in [-0.2, 0) is 0 Å². The van der Waals surface area contributed by atoms with Gasteiger partial charge in [0.25, 0.3) is 0 Å². The Bertz CT molecular complexity index is 404. The highest BCUT2D eigenvalue weighted by Gasteiger charge is 2.37. The lowest BCUT2D eigenvalue weighted by Crippen LogP contribution is -2.23. The molecule has 1 aliphatic carbocycles. The molecule has 1 aromatic rings. The molecule has 17 heavy (non-hydrogen) atoms. The van der Waals surface area contributed by atoms with Crippen molar-refractivity contribution in [3.63, 3.8) is 0 Å². The largest absolute Gasteiger partial charge is 0.310 e. The smallest absolute Gasteiger partial charge is 0.0284 e. The van der Waals surface area contributed by atoms with Gasteiger partial charge in [-0.1, -0.05) is 48.4 Å². The number of hydrogen-bond donors (Lipinski definition) is 1. The van der Waals surface area contributed by atoms with E-state index in [9.17, 15) is 0 Å². The fourth-order valence-electron chi connectivity index (χ4n) is 3.33. The lowest BCUT2D eigenvalue weighted by molar-refractivity contribution is 0.456. The third-order valence-electron chi connectivity index (χ3n) is 4.37. The van der Waals surface area contributed by atoms with Crippen LogP contribution in [0.5, 0.6) is 0 Å². The van der Waals surface area contributed by atoms with Gasteiger partial charge in [0.15, 0.2) is 0 Å². The van der Waals surface area contributed by atoms with Crippen molar-refractivity contribution in [2.75, 3.05) is 6.54 Å². The maximum atomic E-state index is 3.65. The predicted molar refractivity (Wildman–Crippen MR) is 72.8 cm³/mol. The first-order valence-corrected chi connectivity index (χ1v) is 6.81. The lowest BCUT2D eigenvalue weighted by atomic mass is 9.93. The Morgan fingerprint density at radius 2 is 2.00 bits per heavy atom. The van der Waals surface area contributed by atoms with E-state index in [0.29, 0.717) is 6.04 Å². The molecule has 1 saturated carbocycles. The molecule has 3 rings (SSSR count). The van der Waals surface area contributed by atoms with Crippen LogP contribution in [0.2, 0.25) is 0 Å². The molecule has 90 valence electrons. The summed E-state index contributed by atoms with van der Waals surface area (Å²) >= 11 is 0. The monoisotopic (exact) mass is 227 g/mol. The van der Waals surface area contributed by atoms with Gasteiger partial charge in [-0.15, -0.1) is 0 Å². The topological polar surface area (TPSA) is 12.0 Å². The van der Waals surface area contributed by atoms with Crippen LogP contribution < -0.4 is 5.32 Å². The molecule has 1 nitrogen and oxygen atoms in total. The second kappa shape index (κ2) is 4.66. The van der Waals surface area contributed by atoms with E-state index < -0.39 is 0 Å². The third kappa shape index (κ3) is 2.30. The van der Waals surface area contributed by atoms with Crippen LogP contribution in [-0.4, -0.2) is 12.6 Å². The van der Waals surface area contributed by atoms with Crippen molar-refractivity contribution < 1.29 is 0 Å². The van der Waals surface area contributed by atoms with Gasteiger partial charge < -0.3 is 5.32 Å². The number of benzene rings is 1. The highest BCUT2D eigenvalue weighted by Crippen LogP contribution is 2.38. The Balaban J connectivity index is 1.68. The van der Waals surface area contributed by atoms with Crippen LogP contribution in [0.15, 0.2) is 30.3 Å². The van der Waals surface area contributed by atoms with Crippen molar-refractivity contribution >= 4 is 6.08 Å². The van der Waals surface area contributed by atoms with Crippen molar-refractivity contribution in [3.05, 3.63) is 41.5 Å². The van der Waals surface area contributed by atoms with E-state index in [-0.39, 0.29) is 0 Å². The van der Waals surface area contributed by atoms with Crippen LogP contribution in [0, 0.1) is 18.8 Å². The average molecular weight is 227 g/mol. The Kier molecular flexibility index (Phi) is 3.02. The van der Waals surface area contributed by atoms with Crippen LogP contribution in [0.3, 0.4) is 0 Å². The van der Waals surface area contributed by atoms with Crippen molar-refractivity contribution in [2.45, 2.75) is 32.2 Å². The Labute approximate surface area is 104 Å². The van der Waals surface area contributed by atoms with Crippen molar-refractivity contribution in [2.24, 2.45) is 11.8 Å².